The average molecular weight is 960 g/mol. The summed E-state index contributed by atoms with van der Waals surface area (Å²) in [4.78, 5) is 88.4. The van der Waals surface area contributed by atoms with Gasteiger partial charge in [-0.25, -0.2) is 0 Å². The molecule has 17 nitrogen and oxygen atoms in total. The first-order valence-corrected chi connectivity index (χ1v) is 25.3. The van der Waals surface area contributed by atoms with Crippen molar-refractivity contribution in [1.29, 1.82) is 0 Å². The Morgan fingerprint density at radius 3 is 1.79 bits per heavy atom. The number of aliphatic hydroxyl groups is 1. The van der Waals surface area contributed by atoms with Crippen molar-refractivity contribution in [2.24, 2.45) is 5.73 Å². The summed E-state index contributed by atoms with van der Waals surface area (Å²) in [5.41, 5.74) is 4.26. The standard InChI is InChI=1S/C48H86N4O13S/c1-7-9-11-13-15-17-18-20-21-23-25-27-36(64-40(55)28-26-24-22-19-16-14-12-10-8-2)31-41(56)62-32-38-43(57)44(42(48(66)65-38)51-35(5)53)63-34(4)47(60)50-33(3)46(59)52-37(45(49)58)29-30-39(54)61-6/h33-34,36-38,42-44,48,57,66H,7-32H2,1-6H3,(H2,49,58)(H,50,60)(H,51,53)(H,52,59)/t33-,34+,36+,37-,38+,42+,43+,44+,48-/m0/s1/i/hD. The fourth-order valence-electron chi connectivity index (χ4n) is 7.70. The molecule has 0 unspecified atom stereocenters. The number of thiol groups is 1. The highest BCUT2D eigenvalue weighted by molar-refractivity contribution is 7.80. The summed E-state index contributed by atoms with van der Waals surface area (Å²) < 4.78 is 36.2. The molecule has 382 valence electrons. The zero-order valence-electron chi connectivity index (χ0n) is 41.9. The molecule has 4 amide bonds. The first-order valence-electron chi connectivity index (χ1n) is 25.2. The number of carbonyl (C=O) groups excluding carboxylic acids is 7. The van der Waals surface area contributed by atoms with E-state index in [-0.39, 0.29) is 31.7 Å². The minimum absolute atomic E-state index is 0.174. The van der Waals surface area contributed by atoms with Gasteiger partial charge in [-0.15, -0.1) is 12.6 Å². The number of carbonyl (C=O) groups is 7. The first kappa shape index (κ1) is 58.6. The monoisotopic (exact) mass is 960 g/mol. The maximum absolute atomic E-state index is 13.4. The van der Waals surface area contributed by atoms with Crippen molar-refractivity contribution >= 4 is 54.2 Å². The molecule has 0 aromatic heterocycles. The molecular formula is C48H86N4O13S. The minimum atomic E-state index is -1.60. The lowest BCUT2D eigenvalue weighted by molar-refractivity contribution is -0.204. The van der Waals surface area contributed by atoms with Gasteiger partial charge in [0.2, 0.25) is 23.6 Å². The molecule has 1 saturated heterocycles. The summed E-state index contributed by atoms with van der Waals surface area (Å²) in [6, 6.07) is -3.88. The van der Waals surface area contributed by atoms with Gasteiger partial charge in [-0.05, 0) is 39.5 Å². The minimum Gasteiger partial charge on any atom is -0.469 e. The van der Waals surface area contributed by atoms with Crippen molar-refractivity contribution in [3.05, 3.63) is 0 Å². The number of aliphatic hydroxyl groups excluding tert-OH is 1. The number of nitrogens with two attached hydrogens (primary N) is 1. The number of rotatable bonds is 38. The van der Waals surface area contributed by atoms with Crippen LogP contribution in [0.5, 0.6) is 0 Å². The third-order valence-corrected chi connectivity index (χ3v) is 12.2. The Hall–Kier alpha value is -3.48. The smallest absolute Gasteiger partial charge is 0.309 e. The van der Waals surface area contributed by atoms with E-state index in [0.717, 1.165) is 52.1 Å². The zero-order valence-corrected chi connectivity index (χ0v) is 41.8. The van der Waals surface area contributed by atoms with Gasteiger partial charge < -0.3 is 50.5 Å². The second kappa shape index (κ2) is 36.5. The Bertz CT molecular complexity index is 1460. The quantitative estimate of drug-likeness (QED) is 0.0176. The molecule has 1 fully saturated rings. The Balaban J connectivity index is 2.94. The number of hydrogen-bond donors (Lipinski definition) is 6. The Morgan fingerprint density at radius 2 is 1.27 bits per heavy atom. The van der Waals surface area contributed by atoms with Crippen molar-refractivity contribution in [2.75, 3.05) is 13.7 Å². The molecule has 1 heterocycles. The third kappa shape index (κ3) is 27.4. The van der Waals surface area contributed by atoms with Gasteiger partial charge in [0.15, 0.2) is 1.41 Å². The van der Waals surface area contributed by atoms with Crippen molar-refractivity contribution < 1.29 is 63.8 Å². The van der Waals surface area contributed by atoms with Gasteiger partial charge in [-0.2, -0.15) is 0 Å². The van der Waals surface area contributed by atoms with Gasteiger partial charge in [-0.1, -0.05) is 129 Å². The molecule has 18 heteroatoms. The molecule has 0 radical (unpaired) electrons. The molecule has 0 bridgehead atoms. The maximum atomic E-state index is 13.4. The molecule has 66 heavy (non-hydrogen) atoms. The predicted octanol–water partition coefficient (Wildman–Crippen LogP) is 6.18. The fourth-order valence-corrected chi connectivity index (χ4v) is 8.10. The largest absolute Gasteiger partial charge is 0.469 e. The van der Waals surface area contributed by atoms with Crippen LogP contribution in [-0.4, -0.2) is 114 Å². The topological polar surface area (TPSA) is 248 Å². The lowest BCUT2D eigenvalue weighted by Gasteiger charge is -2.43. The van der Waals surface area contributed by atoms with Gasteiger partial charge in [0, 0.05) is 19.8 Å². The number of ether oxygens (including phenoxy) is 5. The van der Waals surface area contributed by atoms with Crippen LogP contribution in [0.2, 0.25) is 1.41 Å². The average Bonchev–Trinajstić information content (AvgIpc) is 3.29. The summed E-state index contributed by atoms with van der Waals surface area (Å²) in [6.45, 7) is 7.67. The fraction of sp³-hybridized carbons (Fsp3) is 0.854. The zero-order chi connectivity index (χ0) is 50.1. The van der Waals surface area contributed by atoms with Crippen LogP contribution in [0.1, 0.15) is 195 Å². The van der Waals surface area contributed by atoms with E-state index in [1.165, 1.54) is 97.8 Å². The molecule has 6 N–H and O–H groups in total. The van der Waals surface area contributed by atoms with E-state index in [9.17, 15) is 38.7 Å². The van der Waals surface area contributed by atoms with Gasteiger partial charge in [-0.3, -0.25) is 33.6 Å². The van der Waals surface area contributed by atoms with Crippen LogP contribution in [0.25, 0.3) is 0 Å². The number of esters is 3. The molecule has 0 spiro atoms. The van der Waals surface area contributed by atoms with Crippen LogP contribution < -0.4 is 21.7 Å². The second-order valence-electron chi connectivity index (χ2n) is 17.6. The number of nitrogens with one attached hydrogen (secondary N) is 3. The highest BCUT2D eigenvalue weighted by Crippen LogP contribution is 2.28. The molecule has 0 aromatic rings. The van der Waals surface area contributed by atoms with E-state index in [4.69, 9.17) is 26.1 Å². The second-order valence-corrected chi connectivity index (χ2v) is 18.2. The number of primary amides is 1. The van der Waals surface area contributed by atoms with Crippen molar-refractivity contribution in [1.82, 2.24) is 15.9 Å². The predicted molar refractivity (Wildman–Crippen MR) is 254 cm³/mol. The number of unbranched alkanes of at least 4 members (excludes halogenated alkanes) is 18. The summed E-state index contributed by atoms with van der Waals surface area (Å²) in [5, 5.41) is 16.8. The van der Waals surface area contributed by atoms with Gasteiger partial charge in [0.25, 0.3) is 0 Å². The van der Waals surface area contributed by atoms with E-state index >= 15 is 0 Å². The van der Waals surface area contributed by atoms with E-state index < -0.39 is 96.3 Å². The Labute approximate surface area is 401 Å². The normalized spacial score (nSPS) is 20.2. The highest BCUT2D eigenvalue weighted by atomic mass is 32.1. The number of methoxy groups -OCH3 is 1. The van der Waals surface area contributed by atoms with Gasteiger partial charge in [0.05, 0.1) is 19.6 Å². The lowest BCUT2D eigenvalue weighted by atomic mass is 9.97. The summed E-state index contributed by atoms with van der Waals surface area (Å²) >= 11 is 4.46. The van der Waals surface area contributed by atoms with Crippen LogP contribution in [0.3, 0.4) is 0 Å². The molecule has 1 aliphatic rings. The Morgan fingerprint density at radius 1 is 0.742 bits per heavy atom. The van der Waals surface area contributed by atoms with E-state index in [1.807, 2.05) is 0 Å². The van der Waals surface area contributed by atoms with Crippen LogP contribution >= 0.6 is 12.6 Å². The lowest BCUT2D eigenvalue weighted by Crippen LogP contribution is -2.64. The van der Waals surface area contributed by atoms with E-state index in [1.54, 1.807) is 0 Å². The maximum Gasteiger partial charge on any atom is 0.309 e. The molecule has 1 rings (SSSR count). The van der Waals surface area contributed by atoms with Crippen LogP contribution in [0, 0.1) is 0 Å². The van der Waals surface area contributed by atoms with Gasteiger partial charge in [0.1, 0.15) is 54.6 Å². The molecule has 0 saturated carbocycles. The summed E-state index contributed by atoms with van der Waals surface area (Å²) in [5.74, 6) is -5.08. The first-order chi connectivity index (χ1) is 32.0. The van der Waals surface area contributed by atoms with E-state index in [2.05, 4.69) is 41.8 Å². The summed E-state index contributed by atoms with van der Waals surface area (Å²) in [7, 11) is 1.16. The highest BCUT2D eigenvalue weighted by Gasteiger charge is 2.47. The molecule has 9 atom stereocenters. The van der Waals surface area contributed by atoms with Gasteiger partial charge >= 0.3 is 17.9 Å². The van der Waals surface area contributed by atoms with E-state index in [0.29, 0.717) is 18.2 Å². The molecular weight excluding hydrogens is 873 g/mol. The molecule has 0 aliphatic carbocycles. The van der Waals surface area contributed by atoms with Crippen LogP contribution in [0.15, 0.2) is 0 Å². The van der Waals surface area contributed by atoms with Crippen LogP contribution in [0.4, 0.5) is 0 Å². The number of amides is 4. The van der Waals surface area contributed by atoms with Crippen molar-refractivity contribution in [3.63, 3.8) is 0 Å². The van der Waals surface area contributed by atoms with Crippen molar-refractivity contribution in [2.45, 2.75) is 249 Å². The van der Waals surface area contributed by atoms with Crippen LogP contribution in [-0.2, 0) is 57.2 Å². The number of hydrogen-bond acceptors (Lipinski definition) is 14. The summed E-state index contributed by atoms with van der Waals surface area (Å²) in [6.07, 6.45) is 16.4. The third-order valence-electron chi connectivity index (χ3n) is 11.7. The molecule has 1 aliphatic heterocycles. The molecule has 0 aromatic carbocycles. The Kier molecular flexibility index (Phi) is 32.5. The van der Waals surface area contributed by atoms with Crippen molar-refractivity contribution in [3.8, 4) is 0 Å². The SMILES string of the molecule is [2H]N(C(=O)[C@@H](C)O[C@H]1[C@H](O)[C@@H](COC(=O)C[C@@H](CCCCCCCCCCCCC)OC(=O)CCCCCCCCCCC)O[C@@H](S)[C@@H]1NC(C)=O)[C@@H](C)C(=O)N[C@@H](CCC(=O)OC)C(N)=O.